The summed E-state index contributed by atoms with van der Waals surface area (Å²) in [6.07, 6.45) is 25.7. The van der Waals surface area contributed by atoms with Crippen molar-refractivity contribution in [2.75, 3.05) is 20.2 Å². The van der Waals surface area contributed by atoms with Crippen LogP contribution in [0.4, 0.5) is 0 Å². The Morgan fingerprint density at radius 2 is 1.52 bits per heavy atom. The molecule has 0 spiro atoms. The maximum atomic E-state index is 10.9. The van der Waals surface area contributed by atoms with Gasteiger partial charge < -0.3 is 45.6 Å². The third-order valence-electron chi connectivity index (χ3n) is 8.81. The fourth-order valence-corrected chi connectivity index (χ4v) is 5.49. The molecule has 11 heteroatoms. The molecular weight excluding hydrogens is 662 g/mol. The number of guanidine groups is 1. The van der Waals surface area contributed by atoms with Crippen LogP contribution >= 0.6 is 0 Å². The van der Waals surface area contributed by atoms with E-state index in [1.807, 2.05) is 51.3 Å². The number of unbranched alkanes of at least 4 members (excludes halogenated alkanes) is 2. The molecular formula is C41H65N3O8. The summed E-state index contributed by atoms with van der Waals surface area (Å²) in [6.45, 7) is 10.1. The predicted octanol–water partition coefficient (Wildman–Crippen LogP) is 5.56. The molecule has 9 atom stereocenters. The van der Waals surface area contributed by atoms with E-state index in [4.69, 9.17) is 25.7 Å². The van der Waals surface area contributed by atoms with Gasteiger partial charge in [-0.3, -0.25) is 5.41 Å². The summed E-state index contributed by atoms with van der Waals surface area (Å²) < 4.78 is 12.0. The van der Waals surface area contributed by atoms with Gasteiger partial charge in [0.2, 0.25) is 0 Å². The Labute approximate surface area is 311 Å². The molecule has 1 fully saturated rings. The number of carboxylic acids is 1. The number of ether oxygens (including phenoxy) is 2. The van der Waals surface area contributed by atoms with Crippen LogP contribution in [-0.4, -0.2) is 99.4 Å². The number of carboxylic acid groups (broad SMARTS) is 1. The Balaban J connectivity index is 2.83. The van der Waals surface area contributed by atoms with Crippen LogP contribution in [0.25, 0.3) is 0 Å². The minimum absolute atomic E-state index is 0.0951. The lowest BCUT2D eigenvalue weighted by atomic mass is 9.92. The SMILES string of the molecule is C\C(=C/C=C/C=C/C=C/C=C/C(C)C(OC1OC(CO)C(O)C(O)C1O)/C(C)=C/C(C)CCC/C=C/C(C)C/C=C/CCCN(C)C(=N)N)C(=O)O. The second-order valence-corrected chi connectivity index (χ2v) is 13.7. The lowest BCUT2D eigenvalue weighted by molar-refractivity contribution is -0.310. The molecule has 1 rings (SSSR count). The molecule has 0 amide bonds. The molecule has 0 bridgehead atoms. The van der Waals surface area contributed by atoms with Gasteiger partial charge >= 0.3 is 5.97 Å². The van der Waals surface area contributed by atoms with Crippen LogP contribution in [0.15, 0.2) is 96.2 Å². The summed E-state index contributed by atoms with van der Waals surface area (Å²) >= 11 is 0. The number of nitrogens with zero attached hydrogens (tertiary/aromatic N) is 1. The number of carbonyl (C=O) groups is 1. The topological polar surface area (TPSA) is 190 Å². The Morgan fingerprint density at radius 1 is 0.885 bits per heavy atom. The highest BCUT2D eigenvalue weighted by Gasteiger charge is 2.45. The van der Waals surface area contributed by atoms with Gasteiger partial charge in [0.05, 0.1) is 12.7 Å². The van der Waals surface area contributed by atoms with Gasteiger partial charge in [-0.05, 0) is 69.8 Å². The third kappa shape index (κ3) is 18.8. The fraction of sp³-hybridized carbons (Fsp3) is 0.561. The monoisotopic (exact) mass is 727 g/mol. The molecule has 1 aliphatic heterocycles. The smallest absolute Gasteiger partial charge is 0.331 e. The van der Waals surface area contributed by atoms with Crippen LogP contribution in [0.5, 0.6) is 0 Å². The van der Waals surface area contributed by atoms with Crippen molar-refractivity contribution in [1.29, 1.82) is 5.41 Å². The summed E-state index contributed by atoms with van der Waals surface area (Å²) in [4.78, 5) is 12.6. The molecule has 1 saturated heterocycles. The Morgan fingerprint density at radius 3 is 2.15 bits per heavy atom. The van der Waals surface area contributed by atoms with Crippen molar-refractivity contribution in [3.8, 4) is 0 Å². The van der Waals surface area contributed by atoms with Crippen LogP contribution in [0, 0.1) is 23.2 Å². The molecule has 11 nitrogen and oxygen atoms in total. The maximum Gasteiger partial charge on any atom is 0.331 e. The number of hydrogen-bond acceptors (Lipinski definition) is 8. The normalized spacial score (nSPS) is 24.5. The van der Waals surface area contributed by atoms with E-state index >= 15 is 0 Å². The summed E-state index contributed by atoms with van der Waals surface area (Å²) in [6, 6.07) is 0. The minimum atomic E-state index is -1.53. The number of nitrogens with one attached hydrogen (secondary N) is 1. The Bertz CT molecular complexity index is 1300. The summed E-state index contributed by atoms with van der Waals surface area (Å²) in [5.41, 5.74) is 6.65. The zero-order valence-electron chi connectivity index (χ0n) is 31.9. The van der Waals surface area contributed by atoms with Crippen LogP contribution < -0.4 is 5.73 Å². The third-order valence-corrected chi connectivity index (χ3v) is 8.81. The predicted molar refractivity (Wildman–Crippen MR) is 208 cm³/mol. The highest BCUT2D eigenvalue weighted by Crippen LogP contribution is 2.28. The maximum absolute atomic E-state index is 10.9. The number of aliphatic hydroxyl groups is 4. The second kappa shape index (κ2) is 26.2. The number of rotatable bonds is 23. The van der Waals surface area contributed by atoms with E-state index in [0.717, 1.165) is 50.6 Å². The average Bonchev–Trinajstić information content (AvgIpc) is 3.10. The first-order valence-electron chi connectivity index (χ1n) is 18.3. The molecule has 292 valence electrons. The van der Waals surface area contributed by atoms with Crippen molar-refractivity contribution < 1.29 is 39.8 Å². The molecule has 0 aromatic heterocycles. The van der Waals surface area contributed by atoms with Crippen LogP contribution in [0.2, 0.25) is 0 Å². The lowest BCUT2D eigenvalue weighted by Gasteiger charge is -2.41. The number of nitrogens with two attached hydrogens (primary N) is 1. The van der Waals surface area contributed by atoms with Gasteiger partial charge in [-0.2, -0.15) is 0 Å². The van der Waals surface area contributed by atoms with Crippen LogP contribution in [0.3, 0.4) is 0 Å². The van der Waals surface area contributed by atoms with E-state index in [0.29, 0.717) is 5.92 Å². The van der Waals surface area contributed by atoms with Gasteiger partial charge in [0.15, 0.2) is 12.2 Å². The molecule has 52 heavy (non-hydrogen) atoms. The van der Waals surface area contributed by atoms with Gasteiger partial charge in [-0.25, -0.2) is 4.79 Å². The molecule has 8 N–H and O–H groups in total. The van der Waals surface area contributed by atoms with E-state index in [1.54, 1.807) is 23.1 Å². The minimum Gasteiger partial charge on any atom is -0.478 e. The summed E-state index contributed by atoms with van der Waals surface area (Å²) in [7, 11) is 1.83. The van der Waals surface area contributed by atoms with Crippen LogP contribution in [-0.2, 0) is 14.3 Å². The Kier molecular flexibility index (Phi) is 23.4. The molecule has 9 unspecified atom stereocenters. The summed E-state index contributed by atoms with van der Waals surface area (Å²) in [5.74, 6) is -0.337. The molecule has 0 aromatic carbocycles. The molecule has 0 radical (unpaired) electrons. The van der Waals surface area contributed by atoms with Gasteiger partial charge in [-0.1, -0.05) is 106 Å². The number of aliphatic hydroxyl groups excluding tert-OH is 4. The number of aliphatic carboxylic acids is 1. The highest BCUT2D eigenvalue weighted by atomic mass is 16.7. The molecule has 1 heterocycles. The summed E-state index contributed by atoms with van der Waals surface area (Å²) in [5, 5.41) is 57.2. The first-order chi connectivity index (χ1) is 24.7. The van der Waals surface area contributed by atoms with E-state index in [-0.39, 0.29) is 23.4 Å². The highest BCUT2D eigenvalue weighted by molar-refractivity contribution is 5.86. The van der Waals surface area contributed by atoms with Crippen molar-refractivity contribution in [1.82, 2.24) is 4.90 Å². The molecule has 1 aliphatic rings. The standard InChI is InChI=1S/C41H65N3O8/c1-29(21-15-12-13-20-26-44(6)41(42)43)22-16-14-17-23-30(2)27-33(5)38(52-40-37(48)36(47)35(46)34(28-45)51-40)31(3)24-18-10-8-7-9-11-19-25-32(4)39(49)50/h7-12,15-16,18-19,22,24-25,27,29-31,34-38,40,45-48H,13-14,17,20-21,23,26,28H2,1-6H3,(H3,42,43)(H,49,50)/b9-7+,10-8+,15-12+,19-11+,22-16+,24-18+,32-25+,33-27+. The van der Waals surface area contributed by atoms with E-state index in [9.17, 15) is 25.2 Å². The lowest BCUT2D eigenvalue weighted by Crippen LogP contribution is -2.60. The second-order valence-electron chi connectivity index (χ2n) is 13.7. The number of allylic oxidation sites excluding steroid dienone is 13. The van der Waals surface area contributed by atoms with Gasteiger partial charge in [0.1, 0.15) is 24.4 Å². The largest absolute Gasteiger partial charge is 0.478 e. The van der Waals surface area contributed by atoms with Gasteiger partial charge in [-0.15, -0.1) is 0 Å². The number of hydrogen-bond donors (Lipinski definition) is 7. The Hall–Kier alpha value is -3.58. The van der Waals surface area contributed by atoms with Crippen molar-refractivity contribution in [3.05, 3.63) is 96.2 Å². The fourth-order valence-electron chi connectivity index (χ4n) is 5.49. The van der Waals surface area contributed by atoms with Crippen LogP contribution in [0.1, 0.15) is 73.1 Å². The van der Waals surface area contributed by atoms with Crippen molar-refractivity contribution >= 4 is 11.9 Å². The molecule has 0 aliphatic carbocycles. The van der Waals surface area contributed by atoms with Gasteiger partial charge in [0.25, 0.3) is 0 Å². The van der Waals surface area contributed by atoms with Crippen molar-refractivity contribution in [2.45, 2.75) is 110 Å². The van der Waals surface area contributed by atoms with Crippen molar-refractivity contribution in [2.24, 2.45) is 23.5 Å². The van der Waals surface area contributed by atoms with E-state index in [2.05, 4.69) is 44.2 Å². The van der Waals surface area contributed by atoms with E-state index < -0.39 is 49.4 Å². The first-order valence-corrected chi connectivity index (χ1v) is 18.3. The van der Waals surface area contributed by atoms with Gasteiger partial charge in [0, 0.05) is 25.1 Å². The van der Waals surface area contributed by atoms with Crippen molar-refractivity contribution in [3.63, 3.8) is 0 Å². The average molecular weight is 728 g/mol. The quantitative estimate of drug-likeness (QED) is 0.0175. The molecule has 0 saturated carbocycles. The first kappa shape index (κ1) is 46.4. The zero-order valence-corrected chi connectivity index (χ0v) is 31.9. The van der Waals surface area contributed by atoms with E-state index in [1.165, 1.54) is 13.0 Å². The zero-order chi connectivity index (χ0) is 39.1. The molecule has 0 aromatic rings.